The molecular formula is C32H39O3P. The van der Waals surface area contributed by atoms with Crippen LogP contribution in [0.1, 0.15) is 95.6 Å². The van der Waals surface area contributed by atoms with Crippen LogP contribution in [0, 0.1) is 27.7 Å². The van der Waals surface area contributed by atoms with Gasteiger partial charge in [-0.3, -0.25) is 9.59 Å². The maximum absolute atomic E-state index is 15.1. The molecule has 3 aromatic carbocycles. The Balaban J connectivity index is 2.43. The average molecular weight is 503 g/mol. The molecule has 0 heterocycles. The van der Waals surface area contributed by atoms with Gasteiger partial charge in [0.05, 0.1) is 0 Å². The van der Waals surface area contributed by atoms with Crippen LogP contribution in [0.5, 0.6) is 0 Å². The molecule has 0 aliphatic rings. The molecule has 0 atom stereocenters. The molecule has 3 aromatic rings. The highest BCUT2D eigenvalue weighted by molar-refractivity contribution is 8.01. The summed E-state index contributed by atoms with van der Waals surface area (Å²) in [7, 11) is -4.25. The summed E-state index contributed by atoms with van der Waals surface area (Å²) >= 11 is 0. The third kappa shape index (κ3) is 5.04. The fourth-order valence-corrected chi connectivity index (χ4v) is 7.43. The quantitative estimate of drug-likeness (QED) is 0.331. The number of hydrogen-bond acceptors (Lipinski definition) is 3. The lowest BCUT2D eigenvalue weighted by atomic mass is 9.81. The largest absolute Gasteiger partial charge is 0.302 e. The summed E-state index contributed by atoms with van der Waals surface area (Å²) in [4.78, 5) is 29.1. The van der Waals surface area contributed by atoms with Gasteiger partial charge in [0, 0.05) is 16.4 Å². The van der Waals surface area contributed by atoms with E-state index < -0.39 is 18.2 Å². The van der Waals surface area contributed by atoms with Gasteiger partial charge in [-0.25, -0.2) is 0 Å². The normalized spacial score (nSPS) is 12.5. The molecule has 0 aromatic heterocycles. The number of carbonyl (C=O) groups excluding carboxylic acids is 2. The highest BCUT2D eigenvalue weighted by atomic mass is 31.2. The Bertz CT molecular complexity index is 1300. The zero-order valence-corrected chi connectivity index (χ0v) is 24.3. The van der Waals surface area contributed by atoms with Crippen LogP contribution in [0.15, 0.2) is 54.6 Å². The Morgan fingerprint density at radius 3 is 1.31 bits per heavy atom. The zero-order valence-electron chi connectivity index (χ0n) is 23.4. The van der Waals surface area contributed by atoms with Gasteiger partial charge < -0.3 is 4.57 Å². The molecule has 0 radical (unpaired) electrons. The maximum atomic E-state index is 15.1. The summed E-state index contributed by atoms with van der Waals surface area (Å²) in [6, 6.07) is 16.4. The average Bonchev–Trinajstić information content (AvgIpc) is 2.76. The first-order chi connectivity index (χ1) is 16.5. The standard InChI is InChI=1S/C32H39O3P/c1-20-16-22(3)27(25(18-20)31(5,6)7)29(33)36(35,24-14-12-11-13-15-24)30(34)28-23(4)17-21(2)19-26(28)32(8,9)10/h11-19H,1-10H3. The van der Waals surface area contributed by atoms with Gasteiger partial charge in [-0.05, 0) is 60.8 Å². The second-order valence-electron chi connectivity index (χ2n) is 12.1. The maximum Gasteiger partial charge on any atom is 0.248 e. The molecule has 0 saturated heterocycles. The van der Waals surface area contributed by atoms with E-state index in [9.17, 15) is 9.59 Å². The third-order valence-corrected chi connectivity index (χ3v) is 9.31. The van der Waals surface area contributed by atoms with Crippen molar-refractivity contribution >= 4 is 23.5 Å². The van der Waals surface area contributed by atoms with Crippen molar-refractivity contribution < 1.29 is 14.2 Å². The molecule has 0 fully saturated rings. The summed E-state index contributed by atoms with van der Waals surface area (Å²) in [6.45, 7) is 19.9. The topological polar surface area (TPSA) is 51.2 Å². The van der Waals surface area contributed by atoms with Crippen molar-refractivity contribution in [1.82, 2.24) is 0 Å². The second kappa shape index (κ2) is 9.60. The molecule has 3 rings (SSSR count). The molecule has 0 aliphatic carbocycles. The number of aryl methyl sites for hydroxylation is 4. The van der Waals surface area contributed by atoms with Crippen LogP contribution in [0.3, 0.4) is 0 Å². The van der Waals surface area contributed by atoms with Gasteiger partial charge >= 0.3 is 0 Å². The fraction of sp³-hybridized carbons (Fsp3) is 0.375. The Hall–Kier alpha value is -2.77. The van der Waals surface area contributed by atoms with Gasteiger partial charge in [0.25, 0.3) is 0 Å². The van der Waals surface area contributed by atoms with Crippen LogP contribution in [0.25, 0.3) is 0 Å². The second-order valence-corrected chi connectivity index (χ2v) is 14.6. The predicted molar refractivity (Wildman–Crippen MR) is 152 cm³/mol. The summed E-state index contributed by atoms with van der Waals surface area (Å²) in [6.07, 6.45) is 0. The SMILES string of the molecule is Cc1cc(C)c(C(=O)P(=O)(C(=O)c2c(C)cc(C)cc2C(C)(C)C)c2ccccc2)c(C(C)(C)C)c1. The van der Waals surface area contributed by atoms with Crippen molar-refractivity contribution in [3.8, 4) is 0 Å². The predicted octanol–water partition coefficient (Wildman–Crippen LogP) is 8.18. The van der Waals surface area contributed by atoms with E-state index in [1.807, 2.05) is 93.5 Å². The molecule has 0 unspecified atom stereocenters. The van der Waals surface area contributed by atoms with Crippen LogP contribution < -0.4 is 5.30 Å². The van der Waals surface area contributed by atoms with E-state index in [2.05, 4.69) is 0 Å². The first kappa shape index (κ1) is 27.8. The van der Waals surface area contributed by atoms with Crippen molar-refractivity contribution in [3.63, 3.8) is 0 Å². The molecule has 0 N–H and O–H groups in total. The van der Waals surface area contributed by atoms with Gasteiger partial charge in [0.15, 0.2) is 0 Å². The van der Waals surface area contributed by atoms with Crippen LogP contribution >= 0.6 is 7.14 Å². The monoisotopic (exact) mass is 502 g/mol. The summed E-state index contributed by atoms with van der Waals surface area (Å²) in [5, 5.41) is 0.277. The third-order valence-electron chi connectivity index (χ3n) is 6.70. The van der Waals surface area contributed by atoms with E-state index in [0.29, 0.717) is 11.1 Å². The lowest BCUT2D eigenvalue weighted by Crippen LogP contribution is -2.27. The molecule has 0 saturated carbocycles. The highest BCUT2D eigenvalue weighted by Crippen LogP contribution is 2.54. The van der Waals surface area contributed by atoms with Gasteiger partial charge in [-0.2, -0.15) is 0 Å². The lowest BCUT2D eigenvalue weighted by molar-refractivity contribution is 0.103. The fourth-order valence-electron chi connectivity index (χ4n) is 4.97. The highest BCUT2D eigenvalue weighted by Gasteiger charge is 2.46. The van der Waals surface area contributed by atoms with Crippen molar-refractivity contribution in [2.45, 2.75) is 80.1 Å². The Morgan fingerprint density at radius 1 is 0.611 bits per heavy atom. The smallest absolute Gasteiger partial charge is 0.248 e. The molecule has 4 heteroatoms. The first-order valence-corrected chi connectivity index (χ1v) is 14.2. The minimum absolute atomic E-state index is 0.277. The van der Waals surface area contributed by atoms with Crippen molar-refractivity contribution in [2.24, 2.45) is 0 Å². The molecule has 0 spiro atoms. The Kier molecular flexibility index (Phi) is 7.41. The molecule has 36 heavy (non-hydrogen) atoms. The van der Waals surface area contributed by atoms with Crippen molar-refractivity contribution in [2.75, 3.05) is 0 Å². The molecule has 0 amide bonds. The van der Waals surface area contributed by atoms with Crippen LogP contribution in [-0.2, 0) is 15.4 Å². The summed E-state index contributed by atoms with van der Waals surface area (Å²) in [5.41, 5.74) is 4.05. The van der Waals surface area contributed by atoms with E-state index in [4.69, 9.17) is 0 Å². The van der Waals surface area contributed by atoms with E-state index in [1.165, 1.54) is 0 Å². The van der Waals surface area contributed by atoms with Crippen LogP contribution in [-0.4, -0.2) is 11.0 Å². The summed E-state index contributed by atoms with van der Waals surface area (Å²) in [5.74, 6) is 0. The Morgan fingerprint density at radius 2 is 0.972 bits per heavy atom. The van der Waals surface area contributed by atoms with Gasteiger partial charge in [0.1, 0.15) is 0 Å². The first-order valence-electron chi connectivity index (χ1n) is 12.5. The van der Waals surface area contributed by atoms with Crippen LogP contribution in [0.4, 0.5) is 0 Å². The summed E-state index contributed by atoms with van der Waals surface area (Å²) < 4.78 is 15.1. The molecule has 0 bridgehead atoms. The number of hydrogen-bond donors (Lipinski definition) is 0. The van der Waals surface area contributed by atoms with Gasteiger partial charge in [-0.1, -0.05) is 107 Å². The van der Waals surface area contributed by atoms with Crippen LogP contribution in [0.2, 0.25) is 0 Å². The van der Waals surface area contributed by atoms with Crippen molar-refractivity contribution in [1.29, 1.82) is 0 Å². The number of rotatable bonds is 5. The van der Waals surface area contributed by atoms with Gasteiger partial charge in [0.2, 0.25) is 18.2 Å². The van der Waals surface area contributed by atoms with Gasteiger partial charge in [-0.15, -0.1) is 0 Å². The molecule has 190 valence electrons. The van der Waals surface area contributed by atoms with Crippen molar-refractivity contribution in [3.05, 3.63) is 99.1 Å². The van der Waals surface area contributed by atoms with E-state index >= 15 is 4.57 Å². The molecular weight excluding hydrogens is 463 g/mol. The van der Waals surface area contributed by atoms with E-state index in [1.54, 1.807) is 30.3 Å². The number of benzene rings is 3. The molecule has 0 aliphatic heterocycles. The van der Waals surface area contributed by atoms with E-state index in [-0.39, 0.29) is 16.1 Å². The lowest BCUT2D eigenvalue weighted by Gasteiger charge is -2.29. The molecule has 3 nitrogen and oxygen atoms in total. The zero-order chi connectivity index (χ0) is 27.2. The minimum atomic E-state index is -4.25. The minimum Gasteiger partial charge on any atom is -0.302 e. The Labute approximate surface area is 216 Å². The number of carbonyl (C=O) groups is 2. The van der Waals surface area contributed by atoms with E-state index in [0.717, 1.165) is 33.4 Å².